The van der Waals surface area contributed by atoms with Crippen LogP contribution in [0.1, 0.15) is 34.0 Å². The Morgan fingerprint density at radius 3 is 2.78 bits per heavy atom. The van der Waals surface area contributed by atoms with Gasteiger partial charge in [-0.3, -0.25) is 0 Å². The summed E-state index contributed by atoms with van der Waals surface area (Å²) < 4.78 is 5.58. The van der Waals surface area contributed by atoms with E-state index >= 15 is 0 Å². The standard InChI is InChI=1S/C20H22N2O/c1-12-10-13(2)18-16(11-12)14-8-9-21-19(20(14)22-18)15-6-4-5-7-17(15)23-3/h4-7,10-11,19,21-22H,8-9H2,1-3H3. The summed E-state index contributed by atoms with van der Waals surface area (Å²) in [5, 5.41) is 5.02. The van der Waals surface area contributed by atoms with Crippen molar-refractivity contribution in [2.75, 3.05) is 13.7 Å². The monoisotopic (exact) mass is 306 g/mol. The molecule has 0 amide bonds. The first-order valence-electron chi connectivity index (χ1n) is 8.17. The van der Waals surface area contributed by atoms with Gasteiger partial charge in [-0.05, 0) is 43.5 Å². The molecular formula is C20H22N2O. The van der Waals surface area contributed by atoms with Gasteiger partial charge >= 0.3 is 0 Å². The normalized spacial score (nSPS) is 17.3. The summed E-state index contributed by atoms with van der Waals surface area (Å²) in [5.41, 5.74) is 7.82. The van der Waals surface area contributed by atoms with Crippen LogP contribution in [0.15, 0.2) is 36.4 Å². The minimum Gasteiger partial charge on any atom is -0.496 e. The second-order valence-electron chi connectivity index (χ2n) is 6.40. The molecule has 2 aromatic carbocycles. The first-order chi connectivity index (χ1) is 11.2. The molecular weight excluding hydrogens is 284 g/mol. The van der Waals surface area contributed by atoms with Crippen molar-refractivity contribution in [3.05, 3.63) is 64.3 Å². The number of aryl methyl sites for hydroxylation is 2. The summed E-state index contributed by atoms with van der Waals surface area (Å²) in [4.78, 5) is 3.69. The number of fused-ring (bicyclic) bond motifs is 3. The molecule has 0 saturated heterocycles. The zero-order valence-corrected chi connectivity index (χ0v) is 13.9. The maximum absolute atomic E-state index is 5.58. The Bertz CT molecular complexity index is 879. The first-order valence-corrected chi connectivity index (χ1v) is 8.17. The van der Waals surface area contributed by atoms with Gasteiger partial charge in [0, 0.05) is 28.7 Å². The van der Waals surface area contributed by atoms with Gasteiger partial charge in [-0.25, -0.2) is 0 Å². The SMILES string of the molecule is COc1ccccc1C1NCCc2c1[nH]c1c(C)cc(C)cc21. The first kappa shape index (κ1) is 14.3. The Morgan fingerprint density at radius 2 is 1.96 bits per heavy atom. The van der Waals surface area contributed by atoms with Gasteiger partial charge in [0.1, 0.15) is 5.75 Å². The summed E-state index contributed by atoms with van der Waals surface area (Å²) in [6, 6.07) is 13.0. The van der Waals surface area contributed by atoms with E-state index in [1.807, 2.05) is 12.1 Å². The fraction of sp³-hybridized carbons (Fsp3) is 0.300. The number of H-pyrrole nitrogens is 1. The van der Waals surface area contributed by atoms with Crippen molar-refractivity contribution >= 4 is 10.9 Å². The highest BCUT2D eigenvalue weighted by atomic mass is 16.5. The van der Waals surface area contributed by atoms with E-state index < -0.39 is 0 Å². The minimum atomic E-state index is 0.155. The third kappa shape index (κ3) is 2.23. The number of nitrogens with one attached hydrogen (secondary N) is 2. The number of ether oxygens (including phenoxy) is 1. The van der Waals surface area contributed by atoms with Crippen molar-refractivity contribution in [2.24, 2.45) is 0 Å². The van der Waals surface area contributed by atoms with E-state index in [0.717, 1.165) is 18.7 Å². The van der Waals surface area contributed by atoms with E-state index in [0.29, 0.717) is 0 Å². The number of rotatable bonds is 2. The van der Waals surface area contributed by atoms with Gasteiger partial charge in [0.05, 0.1) is 13.2 Å². The van der Waals surface area contributed by atoms with Gasteiger partial charge in [-0.15, -0.1) is 0 Å². The van der Waals surface area contributed by atoms with Crippen LogP contribution in [-0.2, 0) is 6.42 Å². The van der Waals surface area contributed by atoms with Gasteiger partial charge in [-0.2, -0.15) is 0 Å². The van der Waals surface area contributed by atoms with E-state index in [-0.39, 0.29) is 6.04 Å². The number of hydrogen-bond acceptors (Lipinski definition) is 2. The highest BCUT2D eigenvalue weighted by molar-refractivity contribution is 5.88. The molecule has 0 radical (unpaired) electrons. The third-order valence-corrected chi connectivity index (χ3v) is 4.85. The van der Waals surface area contributed by atoms with E-state index in [9.17, 15) is 0 Å². The Kier molecular flexibility index (Phi) is 3.38. The second-order valence-corrected chi connectivity index (χ2v) is 6.40. The molecule has 0 saturated carbocycles. The van der Waals surface area contributed by atoms with Crippen LogP contribution in [0, 0.1) is 13.8 Å². The summed E-state index contributed by atoms with van der Waals surface area (Å²) in [6.45, 7) is 5.34. The van der Waals surface area contributed by atoms with Crippen LogP contribution in [-0.4, -0.2) is 18.6 Å². The second kappa shape index (κ2) is 5.43. The topological polar surface area (TPSA) is 37.0 Å². The van der Waals surface area contributed by atoms with Crippen LogP contribution in [0.3, 0.4) is 0 Å². The van der Waals surface area contributed by atoms with Crippen LogP contribution in [0.25, 0.3) is 10.9 Å². The summed E-state index contributed by atoms with van der Waals surface area (Å²) in [7, 11) is 1.74. The number of para-hydroxylation sites is 1. The lowest BCUT2D eigenvalue weighted by Crippen LogP contribution is -2.30. The predicted octanol–water partition coefficient (Wildman–Crippen LogP) is 4.03. The molecule has 1 aliphatic rings. The lowest BCUT2D eigenvalue weighted by Gasteiger charge is -2.26. The van der Waals surface area contributed by atoms with Crippen molar-refractivity contribution in [3.63, 3.8) is 0 Å². The molecule has 3 aromatic rings. The van der Waals surface area contributed by atoms with E-state index in [1.54, 1.807) is 7.11 Å². The lowest BCUT2D eigenvalue weighted by molar-refractivity contribution is 0.402. The van der Waals surface area contributed by atoms with Crippen molar-refractivity contribution in [2.45, 2.75) is 26.3 Å². The smallest absolute Gasteiger partial charge is 0.124 e. The Balaban J connectivity index is 1.94. The lowest BCUT2D eigenvalue weighted by atomic mass is 9.93. The Labute approximate surface area is 136 Å². The average molecular weight is 306 g/mol. The van der Waals surface area contributed by atoms with Crippen LogP contribution in [0.2, 0.25) is 0 Å². The molecule has 2 heterocycles. The van der Waals surface area contributed by atoms with Crippen LogP contribution < -0.4 is 10.1 Å². The van der Waals surface area contributed by atoms with Crippen LogP contribution in [0.5, 0.6) is 5.75 Å². The highest BCUT2D eigenvalue weighted by Crippen LogP contribution is 2.37. The molecule has 4 rings (SSSR count). The molecule has 0 fully saturated rings. The molecule has 2 N–H and O–H groups in total. The summed E-state index contributed by atoms with van der Waals surface area (Å²) in [5.74, 6) is 0.935. The van der Waals surface area contributed by atoms with Gasteiger partial charge < -0.3 is 15.0 Å². The molecule has 23 heavy (non-hydrogen) atoms. The molecule has 3 heteroatoms. The van der Waals surface area contributed by atoms with Crippen molar-refractivity contribution < 1.29 is 4.74 Å². The molecule has 0 spiro atoms. The third-order valence-electron chi connectivity index (χ3n) is 4.85. The molecule has 3 nitrogen and oxygen atoms in total. The highest BCUT2D eigenvalue weighted by Gasteiger charge is 2.27. The van der Waals surface area contributed by atoms with Gasteiger partial charge in [0.15, 0.2) is 0 Å². The van der Waals surface area contributed by atoms with Gasteiger partial charge in [-0.1, -0.05) is 29.8 Å². The maximum Gasteiger partial charge on any atom is 0.124 e. The Morgan fingerprint density at radius 1 is 1.13 bits per heavy atom. The number of aromatic nitrogens is 1. The molecule has 118 valence electrons. The molecule has 0 bridgehead atoms. The maximum atomic E-state index is 5.58. The molecule has 1 atom stereocenters. The van der Waals surface area contributed by atoms with Crippen molar-refractivity contribution in [3.8, 4) is 5.75 Å². The van der Waals surface area contributed by atoms with Crippen molar-refractivity contribution in [1.29, 1.82) is 0 Å². The summed E-state index contributed by atoms with van der Waals surface area (Å²) >= 11 is 0. The number of aromatic amines is 1. The van der Waals surface area contributed by atoms with Crippen LogP contribution in [0.4, 0.5) is 0 Å². The number of hydrogen-bond donors (Lipinski definition) is 2. The molecule has 1 aromatic heterocycles. The minimum absolute atomic E-state index is 0.155. The zero-order valence-electron chi connectivity index (χ0n) is 13.9. The van der Waals surface area contributed by atoms with E-state index in [1.165, 1.54) is 38.9 Å². The van der Waals surface area contributed by atoms with Crippen molar-refractivity contribution in [1.82, 2.24) is 10.3 Å². The van der Waals surface area contributed by atoms with E-state index in [2.05, 4.69) is 48.4 Å². The molecule has 0 aliphatic carbocycles. The van der Waals surface area contributed by atoms with Gasteiger partial charge in [0.2, 0.25) is 0 Å². The van der Waals surface area contributed by atoms with E-state index in [4.69, 9.17) is 4.74 Å². The quantitative estimate of drug-likeness (QED) is 0.750. The molecule has 1 unspecified atom stereocenters. The average Bonchev–Trinajstić information content (AvgIpc) is 2.94. The summed E-state index contributed by atoms with van der Waals surface area (Å²) in [6.07, 6.45) is 1.06. The molecule has 1 aliphatic heterocycles. The number of methoxy groups -OCH3 is 1. The van der Waals surface area contributed by atoms with Crippen LogP contribution >= 0.6 is 0 Å². The largest absolute Gasteiger partial charge is 0.496 e. The number of benzene rings is 2. The fourth-order valence-electron chi connectivity index (χ4n) is 3.86. The van der Waals surface area contributed by atoms with Gasteiger partial charge in [0.25, 0.3) is 0 Å². The fourth-order valence-corrected chi connectivity index (χ4v) is 3.86. The predicted molar refractivity (Wildman–Crippen MR) is 94.3 cm³/mol. The Hall–Kier alpha value is -2.26. The zero-order chi connectivity index (χ0) is 16.0.